The summed E-state index contributed by atoms with van der Waals surface area (Å²) < 4.78 is 0. The Hall–Kier alpha value is -1.73. The molecule has 1 aliphatic carbocycles. The van der Waals surface area contributed by atoms with Crippen LogP contribution in [0.1, 0.15) is 37.7 Å². The Morgan fingerprint density at radius 3 is 2.71 bits per heavy atom. The first-order chi connectivity index (χ1) is 10.0. The predicted octanol–water partition coefficient (Wildman–Crippen LogP) is 3.40. The predicted molar refractivity (Wildman–Crippen MR) is 84.3 cm³/mol. The second kappa shape index (κ2) is 6.82. The van der Waals surface area contributed by atoms with E-state index in [2.05, 4.69) is 16.7 Å². The van der Waals surface area contributed by atoms with Crippen molar-refractivity contribution in [2.75, 3.05) is 11.9 Å². The van der Waals surface area contributed by atoms with Crippen LogP contribution in [0.3, 0.4) is 0 Å². The lowest BCUT2D eigenvalue weighted by molar-refractivity contribution is -0.121. The van der Waals surface area contributed by atoms with Gasteiger partial charge in [-0.1, -0.05) is 36.9 Å². The first kappa shape index (κ1) is 15.7. The largest absolute Gasteiger partial charge is 0.376 e. The van der Waals surface area contributed by atoms with Crippen LogP contribution in [0.5, 0.6) is 0 Å². The number of halogens is 1. The van der Waals surface area contributed by atoms with Crippen molar-refractivity contribution in [3.63, 3.8) is 0 Å². The van der Waals surface area contributed by atoms with Crippen LogP contribution < -0.4 is 10.6 Å². The van der Waals surface area contributed by atoms with Gasteiger partial charge in [-0.25, -0.2) is 0 Å². The molecule has 0 radical (unpaired) electrons. The van der Waals surface area contributed by atoms with E-state index in [1.54, 1.807) is 6.07 Å². The summed E-state index contributed by atoms with van der Waals surface area (Å²) in [5, 5.41) is 15.9. The molecule has 1 amide bonds. The van der Waals surface area contributed by atoms with Crippen LogP contribution in [0.15, 0.2) is 18.2 Å². The van der Waals surface area contributed by atoms with Crippen LogP contribution >= 0.6 is 11.6 Å². The number of carbonyl (C=O) groups excluding carboxylic acids is 1. The van der Waals surface area contributed by atoms with Crippen LogP contribution in [-0.2, 0) is 4.79 Å². The molecular formula is C16H20ClN3O. The Labute approximate surface area is 130 Å². The van der Waals surface area contributed by atoms with Crippen LogP contribution in [0.2, 0.25) is 5.02 Å². The van der Waals surface area contributed by atoms with Gasteiger partial charge in [0.1, 0.15) is 5.54 Å². The Kier molecular flexibility index (Phi) is 5.08. The Morgan fingerprint density at radius 2 is 2.10 bits per heavy atom. The lowest BCUT2D eigenvalue weighted by atomic mass is 9.83. The molecule has 4 nitrogen and oxygen atoms in total. The summed E-state index contributed by atoms with van der Waals surface area (Å²) >= 11 is 6.05. The third kappa shape index (κ3) is 4.12. The quantitative estimate of drug-likeness (QED) is 0.896. The lowest BCUT2D eigenvalue weighted by Gasteiger charge is -2.31. The first-order valence-corrected chi connectivity index (χ1v) is 7.65. The summed E-state index contributed by atoms with van der Waals surface area (Å²) in [6, 6.07) is 7.87. The number of carbonyl (C=O) groups is 1. The number of nitriles is 1. The van der Waals surface area contributed by atoms with Gasteiger partial charge in [0.2, 0.25) is 5.91 Å². The van der Waals surface area contributed by atoms with E-state index in [9.17, 15) is 10.1 Å². The number of amides is 1. The number of aryl methyl sites for hydroxylation is 1. The zero-order valence-corrected chi connectivity index (χ0v) is 13.0. The third-order valence-electron chi connectivity index (χ3n) is 3.92. The number of rotatable bonds is 4. The van der Waals surface area contributed by atoms with E-state index < -0.39 is 5.54 Å². The fourth-order valence-electron chi connectivity index (χ4n) is 2.62. The zero-order chi connectivity index (χ0) is 15.3. The van der Waals surface area contributed by atoms with Crippen molar-refractivity contribution in [3.05, 3.63) is 28.8 Å². The average molecular weight is 306 g/mol. The van der Waals surface area contributed by atoms with Gasteiger partial charge in [-0.3, -0.25) is 4.79 Å². The molecule has 2 N–H and O–H groups in total. The second-order valence-corrected chi connectivity index (χ2v) is 6.03. The number of anilines is 1. The van der Waals surface area contributed by atoms with Crippen LogP contribution in [-0.4, -0.2) is 18.0 Å². The zero-order valence-electron chi connectivity index (χ0n) is 12.2. The fourth-order valence-corrected chi connectivity index (χ4v) is 2.80. The normalized spacial score (nSPS) is 16.8. The highest BCUT2D eigenvalue weighted by Gasteiger charge is 2.33. The Balaban J connectivity index is 1.89. The molecule has 1 fully saturated rings. The van der Waals surface area contributed by atoms with Crippen molar-refractivity contribution in [2.24, 2.45) is 0 Å². The molecule has 1 saturated carbocycles. The molecule has 0 atom stereocenters. The standard InChI is InChI=1S/C16H20ClN3O/c1-12-5-6-13(9-14(12)17)19-10-15(21)20-16(11-18)7-3-2-4-8-16/h5-6,9,19H,2-4,7-8,10H2,1H3,(H,20,21). The lowest BCUT2D eigenvalue weighted by Crippen LogP contribution is -2.50. The van der Waals surface area contributed by atoms with E-state index in [0.29, 0.717) is 5.02 Å². The van der Waals surface area contributed by atoms with E-state index in [0.717, 1.165) is 43.4 Å². The minimum absolute atomic E-state index is 0.142. The van der Waals surface area contributed by atoms with Gasteiger partial charge in [0.05, 0.1) is 12.6 Å². The minimum atomic E-state index is -0.679. The minimum Gasteiger partial charge on any atom is -0.376 e. The second-order valence-electron chi connectivity index (χ2n) is 5.62. The smallest absolute Gasteiger partial charge is 0.240 e. The van der Waals surface area contributed by atoms with Crippen molar-refractivity contribution in [1.82, 2.24) is 5.32 Å². The molecule has 0 spiro atoms. The molecule has 0 bridgehead atoms. The maximum absolute atomic E-state index is 12.0. The third-order valence-corrected chi connectivity index (χ3v) is 4.33. The van der Waals surface area contributed by atoms with Gasteiger partial charge < -0.3 is 10.6 Å². The highest BCUT2D eigenvalue weighted by molar-refractivity contribution is 6.31. The van der Waals surface area contributed by atoms with Crippen molar-refractivity contribution in [2.45, 2.75) is 44.6 Å². The fraction of sp³-hybridized carbons (Fsp3) is 0.500. The SMILES string of the molecule is Cc1ccc(NCC(=O)NC2(C#N)CCCCC2)cc1Cl. The Morgan fingerprint density at radius 1 is 1.38 bits per heavy atom. The van der Waals surface area contributed by atoms with Crippen molar-refractivity contribution in [1.29, 1.82) is 5.26 Å². The summed E-state index contributed by atoms with van der Waals surface area (Å²) in [4.78, 5) is 12.0. The number of nitrogens with zero attached hydrogens (tertiary/aromatic N) is 1. The summed E-state index contributed by atoms with van der Waals surface area (Å²) in [5.41, 5.74) is 1.12. The van der Waals surface area contributed by atoms with E-state index in [1.165, 1.54) is 0 Å². The highest BCUT2D eigenvalue weighted by Crippen LogP contribution is 2.27. The van der Waals surface area contributed by atoms with E-state index in [4.69, 9.17) is 11.6 Å². The van der Waals surface area contributed by atoms with Gasteiger partial charge in [0.15, 0.2) is 0 Å². The molecule has 1 aromatic carbocycles. The maximum Gasteiger partial charge on any atom is 0.240 e. The van der Waals surface area contributed by atoms with Crippen molar-refractivity contribution >= 4 is 23.2 Å². The monoisotopic (exact) mass is 305 g/mol. The van der Waals surface area contributed by atoms with Gasteiger partial charge in [0.25, 0.3) is 0 Å². The molecule has 0 aliphatic heterocycles. The van der Waals surface area contributed by atoms with E-state index in [1.807, 2.05) is 19.1 Å². The van der Waals surface area contributed by atoms with E-state index >= 15 is 0 Å². The molecular weight excluding hydrogens is 286 g/mol. The summed E-state index contributed by atoms with van der Waals surface area (Å²) in [6.07, 6.45) is 4.61. The average Bonchev–Trinajstić information content (AvgIpc) is 2.49. The topological polar surface area (TPSA) is 64.9 Å². The summed E-state index contributed by atoms with van der Waals surface area (Å²) in [7, 11) is 0. The van der Waals surface area contributed by atoms with Crippen molar-refractivity contribution in [3.8, 4) is 6.07 Å². The number of nitrogens with one attached hydrogen (secondary N) is 2. The number of benzene rings is 1. The van der Waals surface area contributed by atoms with Crippen LogP contribution in [0, 0.1) is 18.3 Å². The van der Waals surface area contributed by atoms with Crippen LogP contribution in [0.25, 0.3) is 0 Å². The molecule has 112 valence electrons. The van der Waals surface area contributed by atoms with Gasteiger partial charge in [-0.2, -0.15) is 5.26 Å². The molecule has 1 aliphatic rings. The van der Waals surface area contributed by atoms with E-state index in [-0.39, 0.29) is 12.5 Å². The van der Waals surface area contributed by atoms with Gasteiger partial charge in [-0.15, -0.1) is 0 Å². The van der Waals surface area contributed by atoms with Gasteiger partial charge >= 0.3 is 0 Å². The van der Waals surface area contributed by atoms with Gasteiger partial charge in [-0.05, 0) is 37.5 Å². The first-order valence-electron chi connectivity index (χ1n) is 7.27. The molecule has 0 unspecified atom stereocenters. The van der Waals surface area contributed by atoms with Crippen LogP contribution in [0.4, 0.5) is 5.69 Å². The molecule has 0 aromatic heterocycles. The molecule has 0 heterocycles. The summed E-state index contributed by atoms with van der Waals surface area (Å²) in [6.45, 7) is 2.07. The van der Waals surface area contributed by atoms with Crippen molar-refractivity contribution < 1.29 is 4.79 Å². The molecule has 0 saturated heterocycles. The number of hydrogen-bond acceptors (Lipinski definition) is 3. The molecule has 21 heavy (non-hydrogen) atoms. The molecule has 2 rings (SSSR count). The summed E-state index contributed by atoms with van der Waals surface area (Å²) in [5.74, 6) is -0.157. The number of hydrogen-bond donors (Lipinski definition) is 2. The maximum atomic E-state index is 12.0. The molecule has 5 heteroatoms. The Bertz CT molecular complexity index is 559. The highest BCUT2D eigenvalue weighted by atomic mass is 35.5. The van der Waals surface area contributed by atoms with Gasteiger partial charge in [0, 0.05) is 10.7 Å². The molecule has 1 aromatic rings.